The molecule has 25 heavy (non-hydrogen) atoms. The van der Waals surface area contributed by atoms with Gasteiger partial charge in [0, 0.05) is 22.9 Å². The van der Waals surface area contributed by atoms with E-state index in [1.165, 1.54) is 18.3 Å². The highest BCUT2D eigenvalue weighted by molar-refractivity contribution is 8.00. The van der Waals surface area contributed by atoms with E-state index in [4.69, 9.17) is 4.74 Å². The predicted octanol–water partition coefficient (Wildman–Crippen LogP) is 2.45. The first kappa shape index (κ1) is 17.3. The zero-order valence-corrected chi connectivity index (χ0v) is 14.5. The molecule has 0 aliphatic carbocycles. The van der Waals surface area contributed by atoms with Crippen LogP contribution in [0.1, 0.15) is 23.7 Å². The van der Waals surface area contributed by atoms with Crippen LogP contribution in [0, 0.1) is 0 Å². The van der Waals surface area contributed by atoms with Crippen molar-refractivity contribution in [1.82, 2.24) is 4.98 Å². The van der Waals surface area contributed by atoms with Crippen molar-refractivity contribution < 1.29 is 14.3 Å². The Balaban J connectivity index is 1.72. The molecule has 0 radical (unpaired) electrons. The van der Waals surface area contributed by atoms with Crippen molar-refractivity contribution in [1.29, 1.82) is 0 Å². The van der Waals surface area contributed by atoms with E-state index in [0.717, 1.165) is 17.0 Å². The molecule has 7 heteroatoms. The van der Waals surface area contributed by atoms with Gasteiger partial charge in [0.1, 0.15) is 5.56 Å². The molecule has 1 unspecified atom stereocenters. The smallest absolute Gasteiger partial charge is 0.344 e. The number of aromatic amines is 1. The summed E-state index contributed by atoms with van der Waals surface area (Å²) in [6, 6.07) is 10.6. The first-order chi connectivity index (χ1) is 12.1. The SMILES string of the molecule is CC1CCN(C(=O)COC(=O)c2ccc[nH]c2=O)c2ccccc2S1. The first-order valence-corrected chi connectivity index (χ1v) is 8.85. The number of carbonyl (C=O) groups excluding carboxylic acids is 2. The second-order valence-electron chi connectivity index (χ2n) is 5.72. The number of hydrogen-bond donors (Lipinski definition) is 1. The fourth-order valence-corrected chi connectivity index (χ4v) is 3.72. The maximum atomic E-state index is 12.6. The van der Waals surface area contributed by atoms with Crippen molar-refractivity contribution in [3.05, 3.63) is 58.5 Å². The van der Waals surface area contributed by atoms with Gasteiger partial charge in [-0.2, -0.15) is 0 Å². The average Bonchev–Trinajstić information content (AvgIpc) is 2.78. The number of H-pyrrole nitrogens is 1. The lowest BCUT2D eigenvalue weighted by Gasteiger charge is -2.22. The third kappa shape index (κ3) is 3.93. The number of rotatable bonds is 3. The maximum absolute atomic E-state index is 12.6. The number of amides is 1. The van der Waals surface area contributed by atoms with Gasteiger partial charge in [-0.25, -0.2) is 4.79 Å². The molecule has 0 bridgehead atoms. The normalized spacial score (nSPS) is 16.7. The molecular weight excluding hydrogens is 340 g/mol. The summed E-state index contributed by atoms with van der Waals surface area (Å²) in [5, 5.41) is 0.393. The summed E-state index contributed by atoms with van der Waals surface area (Å²) in [5.74, 6) is -1.11. The Labute approximate surface area is 149 Å². The van der Waals surface area contributed by atoms with Crippen molar-refractivity contribution in [2.75, 3.05) is 18.1 Å². The zero-order chi connectivity index (χ0) is 17.8. The number of carbonyl (C=O) groups is 2. The van der Waals surface area contributed by atoms with Gasteiger partial charge in [0.15, 0.2) is 6.61 Å². The summed E-state index contributed by atoms with van der Waals surface area (Å²) in [7, 11) is 0. The van der Waals surface area contributed by atoms with Gasteiger partial charge in [0.25, 0.3) is 11.5 Å². The number of anilines is 1. The molecule has 0 saturated heterocycles. The summed E-state index contributed by atoms with van der Waals surface area (Å²) in [6.45, 7) is 2.28. The molecule has 130 valence electrons. The summed E-state index contributed by atoms with van der Waals surface area (Å²) in [6.07, 6.45) is 2.27. The van der Waals surface area contributed by atoms with E-state index in [1.54, 1.807) is 16.7 Å². The summed E-state index contributed by atoms with van der Waals surface area (Å²) >= 11 is 1.73. The standard InChI is InChI=1S/C18H18N2O4S/c1-12-8-10-20(14-6-2-3-7-15(14)25-12)16(21)11-24-18(23)13-5-4-9-19-17(13)22/h2-7,9,12H,8,10-11H2,1H3,(H,19,22). The maximum Gasteiger partial charge on any atom is 0.344 e. The second kappa shape index (κ2) is 7.57. The molecule has 1 aromatic heterocycles. The van der Waals surface area contributed by atoms with Gasteiger partial charge < -0.3 is 14.6 Å². The minimum Gasteiger partial charge on any atom is -0.452 e. The zero-order valence-electron chi connectivity index (χ0n) is 13.7. The Morgan fingerprint density at radius 2 is 2.08 bits per heavy atom. The highest BCUT2D eigenvalue weighted by atomic mass is 32.2. The van der Waals surface area contributed by atoms with E-state index in [2.05, 4.69) is 11.9 Å². The minimum absolute atomic E-state index is 0.115. The van der Waals surface area contributed by atoms with Gasteiger partial charge in [0.05, 0.1) is 5.69 Å². The van der Waals surface area contributed by atoms with E-state index >= 15 is 0 Å². The van der Waals surface area contributed by atoms with Crippen LogP contribution < -0.4 is 10.5 Å². The number of aromatic nitrogens is 1. The number of esters is 1. The molecule has 0 fully saturated rings. The van der Waals surface area contributed by atoms with Crippen LogP contribution in [0.4, 0.5) is 5.69 Å². The lowest BCUT2D eigenvalue weighted by molar-refractivity contribution is -0.121. The topological polar surface area (TPSA) is 79.5 Å². The third-order valence-electron chi connectivity index (χ3n) is 3.91. The summed E-state index contributed by atoms with van der Waals surface area (Å²) < 4.78 is 5.05. The molecule has 3 rings (SSSR count). The van der Waals surface area contributed by atoms with Gasteiger partial charge in [-0.05, 0) is 30.7 Å². The van der Waals surface area contributed by atoms with Crippen LogP contribution in [0.5, 0.6) is 0 Å². The fourth-order valence-electron chi connectivity index (χ4n) is 2.61. The molecular formula is C18H18N2O4S. The van der Waals surface area contributed by atoms with Crippen LogP contribution in [0.25, 0.3) is 0 Å². The van der Waals surface area contributed by atoms with Gasteiger partial charge in [-0.15, -0.1) is 11.8 Å². The monoisotopic (exact) mass is 358 g/mol. The highest BCUT2D eigenvalue weighted by Gasteiger charge is 2.25. The number of benzene rings is 1. The van der Waals surface area contributed by atoms with Crippen LogP contribution in [-0.4, -0.2) is 35.3 Å². The fraction of sp³-hybridized carbons (Fsp3) is 0.278. The average molecular weight is 358 g/mol. The van der Waals surface area contributed by atoms with Crippen molar-refractivity contribution in [2.45, 2.75) is 23.5 Å². The number of thioether (sulfide) groups is 1. The Morgan fingerprint density at radius 1 is 1.28 bits per heavy atom. The van der Waals surface area contributed by atoms with Gasteiger partial charge >= 0.3 is 5.97 Å². The van der Waals surface area contributed by atoms with Crippen molar-refractivity contribution in [2.24, 2.45) is 0 Å². The highest BCUT2D eigenvalue weighted by Crippen LogP contribution is 2.37. The number of pyridine rings is 1. The molecule has 0 spiro atoms. The molecule has 1 N–H and O–H groups in total. The Hall–Kier alpha value is -2.54. The first-order valence-electron chi connectivity index (χ1n) is 7.97. The minimum atomic E-state index is -0.805. The summed E-state index contributed by atoms with van der Waals surface area (Å²) in [5.41, 5.74) is 0.177. The molecule has 1 amide bonds. The summed E-state index contributed by atoms with van der Waals surface area (Å²) in [4.78, 5) is 41.3. The van der Waals surface area contributed by atoms with Gasteiger partial charge in [0.2, 0.25) is 0 Å². The van der Waals surface area contributed by atoms with Crippen molar-refractivity contribution in [3.63, 3.8) is 0 Å². The third-order valence-corrected chi connectivity index (χ3v) is 5.15. The van der Waals surface area contributed by atoms with Gasteiger partial charge in [-0.3, -0.25) is 9.59 Å². The number of ether oxygens (including phenoxy) is 1. The Kier molecular flexibility index (Phi) is 5.23. The van der Waals surface area contributed by atoms with E-state index in [1.807, 2.05) is 24.3 Å². The van der Waals surface area contributed by atoms with E-state index < -0.39 is 18.1 Å². The van der Waals surface area contributed by atoms with Crippen LogP contribution in [-0.2, 0) is 9.53 Å². The molecule has 2 heterocycles. The van der Waals surface area contributed by atoms with Crippen LogP contribution >= 0.6 is 11.8 Å². The quantitative estimate of drug-likeness (QED) is 0.853. The van der Waals surface area contributed by atoms with E-state index in [0.29, 0.717) is 11.8 Å². The number of para-hydroxylation sites is 1. The van der Waals surface area contributed by atoms with Gasteiger partial charge in [-0.1, -0.05) is 19.1 Å². The molecule has 1 atom stereocenters. The molecule has 1 aliphatic heterocycles. The Morgan fingerprint density at radius 3 is 2.88 bits per heavy atom. The molecule has 6 nitrogen and oxygen atoms in total. The van der Waals surface area contributed by atoms with Crippen LogP contribution in [0.3, 0.4) is 0 Å². The van der Waals surface area contributed by atoms with Crippen LogP contribution in [0.15, 0.2) is 52.3 Å². The van der Waals surface area contributed by atoms with E-state index in [9.17, 15) is 14.4 Å². The van der Waals surface area contributed by atoms with Crippen molar-refractivity contribution in [3.8, 4) is 0 Å². The number of hydrogen-bond acceptors (Lipinski definition) is 5. The van der Waals surface area contributed by atoms with Crippen molar-refractivity contribution >= 4 is 29.3 Å². The molecule has 2 aromatic rings. The Bertz CT molecular complexity index is 849. The molecule has 0 saturated carbocycles. The molecule has 1 aliphatic rings. The predicted molar refractivity (Wildman–Crippen MR) is 96.1 cm³/mol. The number of nitrogens with zero attached hydrogens (tertiary/aromatic N) is 1. The lowest BCUT2D eigenvalue weighted by atomic mass is 10.2. The van der Waals surface area contributed by atoms with E-state index in [-0.39, 0.29) is 11.5 Å². The molecule has 1 aromatic carbocycles. The number of nitrogens with one attached hydrogen (secondary N) is 1. The number of fused-ring (bicyclic) bond motifs is 1. The largest absolute Gasteiger partial charge is 0.452 e. The van der Waals surface area contributed by atoms with Crippen LogP contribution in [0.2, 0.25) is 0 Å². The lowest BCUT2D eigenvalue weighted by Crippen LogP contribution is -2.36. The second-order valence-corrected chi connectivity index (χ2v) is 7.20.